The number of hydrogen-bond acceptors (Lipinski definition) is 4. The smallest absolute Gasteiger partial charge is 0.330 e. The molecule has 3 N–H and O–H groups in total. The summed E-state index contributed by atoms with van der Waals surface area (Å²) < 4.78 is 4.60. The normalized spacial score (nSPS) is 15.2. The predicted molar refractivity (Wildman–Crippen MR) is 40.8 cm³/mol. The van der Waals surface area contributed by atoms with Gasteiger partial charge in [-0.3, -0.25) is 0 Å². The molecule has 0 aliphatic carbocycles. The zero-order valence-electron chi connectivity index (χ0n) is 6.54. The monoisotopic (exact) mass is 159 g/mol. The average Bonchev–Trinajstić information content (AvgIpc) is 2.00. The second-order valence-electron chi connectivity index (χ2n) is 2.62. The number of rotatable bonds is 4. The lowest BCUT2D eigenvalue weighted by Gasteiger charge is -2.20. The summed E-state index contributed by atoms with van der Waals surface area (Å²) in [4.78, 5) is 10.5. The lowest BCUT2D eigenvalue weighted by Crippen LogP contribution is -2.45. The van der Waals surface area contributed by atoms with Crippen molar-refractivity contribution in [2.45, 2.75) is 12.5 Å². The molecule has 0 fully saturated rings. The van der Waals surface area contributed by atoms with Crippen molar-refractivity contribution in [3.63, 3.8) is 0 Å². The number of nitrogens with two attached hydrogens (primary N) is 1. The van der Waals surface area contributed by atoms with Crippen LogP contribution >= 0.6 is 0 Å². The van der Waals surface area contributed by atoms with Crippen molar-refractivity contribution < 1.29 is 14.6 Å². The standard InChI is InChI=1S/C7H13NO3/c1-3-6(10)11-5-7(2,8)4-9/h3,9H,1,4-5,8H2,2H3. The van der Waals surface area contributed by atoms with Crippen LogP contribution in [0, 0.1) is 0 Å². The van der Waals surface area contributed by atoms with E-state index in [4.69, 9.17) is 10.8 Å². The van der Waals surface area contributed by atoms with E-state index in [1.165, 1.54) is 0 Å². The fourth-order valence-electron chi connectivity index (χ4n) is 0.341. The van der Waals surface area contributed by atoms with Gasteiger partial charge in [0.25, 0.3) is 0 Å². The average molecular weight is 159 g/mol. The molecule has 0 aromatic rings. The largest absolute Gasteiger partial charge is 0.461 e. The first-order valence-electron chi connectivity index (χ1n) is 3.21. The minimum Gasteiger partial charge on any atom is -0.461 e. The van der Waals surface area contributed by atoms with Gasteiger partial charge in [-0.25, -0.2) is 4.79 Å². The van der Waals surface area contributed by atoms with Crippen LogP contribution < -0.4 is 5.73 Å². The fraction of sp³-hybridized carbons (Fsp3) is 0.571. The van der Waals surface area contributed by atoms with Gasteiger partial charge in [-0.15, -0.1) is 0 Å². The van der Waals surface area contributed by atoms with Gasteiger partial charge in [0.2, 0.25) is 0 Å². The van der Waals surface area contributed by atoms with E-state index in [1.807, 2.05) is 0 Å². The molecule has 0 spiro atoms. The van der Waals surface area contributed by atoms with Crippen LogP contribution in [0.15, 0.2) is 12.7 Å². The minimum absolute atomic E-state index is 0.00560. The molecule has 1 unspecified atom stereocenters. The SMILES string of the molecule is C=CC(=O)OCC(C)(N)CO. The van der Waals surface area contributed by atoms with E-state index in [0.717, 1.165) is 6.08 Å². The third-order valence-electron chi connectivity index (χ3n) is 1.07. The van der Waals surface area contributed by atoms with Gasteiger partial charge in [0.05, 0.1) is 12.1 Å². The molecule has 0 aliphatic rings. The Morgan fingerprint density at radius 3 is 2.82 bits per heavy atom. The van der Waals surface area contributed by atoms with Crippen LogP contribution in [0.5, 0.6) is 0 Å². The molecule has 0 heterocycles. The molecular formula is C7H13NO3. The van der Waals surface area contributed by atoms with Crippen molar-refractivity contribution in [2.24, 2.45) is 5.73 Å². The van der Waals surface area contributed by atoms with Crippen molar-refractivity contribution in [2.75, 3.05) is 13.2 Å². The van der Waals surface area contributed by atoms with Crippen LogP contribution in [0.4, 0.5) is 0 Å². The molecular weight excluding hydrogens is 146 g/mol. The number of carbonyl (C=O) groups excluding carboxylic acids is 1. The number of carbonyl (C=O) groups is 1. The number of aliphatic hydroxyl groups is 1. The Kier molecular flexibility index (Phi) is 3.78. The van der Waals surface area contributed by atoms with Crippen molar-refractivity contribution in [3.05, 3.63) is 12.7 Å². The van der Waals surface area contributed by atoms with Crippen molar-refractivity contribution >= 4 is 5.97 Å². The van der Waals surface area contributed by atoms with E-state index in [9.17, 15) is 4.79 Å². The van der Waals surface area contributed by atoms with Gasteiger partial charge >= 0.3 is 5.97 Å². The Morgan fingerprint density at radius 1 is 1.91 bits per heavy atom. The minimum atomic E-state index is -0.862. The molecule has 0 saturated heterocycles. The third-order valence-corrected chi connectivity index (χ3v) is 1.07. The van der Waals surface area contributed by atoms with Crippen LogP contribution in [0.25, 0.3) is 0 Å². The molecule has 0 saturated carbocycles. The van der Waals surface area contributed by atoms with Gasteiger partial charge < -0.3 is 15.6 Å². The van der Waals surface area contributed by atoms with Crippen molar-refractivity contribution in [1.82, 2.24) is 0 Å². The number of esters is 1. The highest BCUT2D eigenvalue weighted by molar-refractivity contribution is 5.81. The highest BCUT2D eigenvalue weighted by Gasteiger charge is 2.18. The molecule has 64 valence electrons. The lowest BCUT2D eigenvalue weighted by molar-refractivity contribution is -0.139. The van der Waals surface area contributed by atoms with E-state index in [-0.39, 0.29) is 13.2 Å². The quantitative estimate of drug-likeness (QED) is 0.425. The highest BCUT2D eigenvalue weighted by atomic mass is 16.5. The Balaban J connectivity index is 3.69. The van der Waals surface area contributed by atoms with Gasteiger partial charge in [0.15, 0.2) is 0 Å². The number of ether oxygens (including phenoxy) is 1. The molecule has 1 atom stereocenters. The molecule has 11 heavy (non-hydrogen) atoms. The molecule has 0 bridgehead atoms. The van der Waals surface area contributed by atoms with E-state index >= 15 is 0 Å². The first-order chi connectivity index (χ1) is 5.02. The van der Waals surface area contributed by atoms with Gasteiger partial charge in [-0.1, -0.05) is 6.58 Å². The van der Waals surface area contributed by atoms with E-state index in [2.05, 4.69) is 11.3 Å². The number of aliphatic hydroxyl groups excluding tert-OH is 1. The zero-order chi connectivity index (χ0) is 8.91. The topological polar surface area (TPSA) is 72.5 Å². The molecule has 0 amide bonds. The van der Waals surface area contributed by atoms with E-state index in [0.29, 0.717) is 0 Å². The third kappa shape index (κ3) is 4.52. The molecule has 0 rings (SSSR count). The molecule has 0 aliphatic heterocycles. The first-order valence-corrected chi connectivity index (χ1v) is 3.21. The zero-order valence-corrected chi connectivity index (χ0v) is 6.54. The maximum atomic E-state index is 10.5. The summed E-state index contributed by atoms with van der Waals surface area (Å²) in [5.74, 6) is -0.532. The Labute approximate surface area is 65.6 Å². The summed E-state index contributed by atoms with van der Waals surface area (Å²) in [6.45, 7) is 4.57. The van der Waals surface area contributed by atoms with Crippen LogP contribution in [0.2, 0.25) is 0 Å². The van der Waals surface area contributed by atoms with Gasteiger partial charge in [-0.2, -0.15) is 0 Å². The number of hydrogen-bond donors (Lipinski definition) is 2. The molecule has 0 radical (unpaired) electrons. The van der Waals surface area contributed by atoms with Gasteiger partial charge in [0, 0.05) is 6.08 Å². The summed E-state index contributed by atoms with van der Waals surface area (Å²) in [5.41, 5.74) is 4.60. The summed E-state index contributed by atoms with van der Waals surface area (Å²) in [7, 11) is 0. The second-order valence-corrected chi connectivity index (χ2v) is 2.62. The van der Waals surface area contributed by atoms with E-state index in [1.54, 1.807) is 6.92 Å². The van der Waals surface area contributed by atoms with Crippen molar-refractivity contribution in [3.8, 4) is 0 Å². The van der Waals surface area contributed by atoms with E-state index < -0.39 is 11.5 Å². The highest BCUT2D eigenvalue weighted by Crippen LogP contribution is 1.97. The molecule has 4 nitrogen and oxygen atoms in total. The van der Waals surface area contributed by atoms with Gasteiger partial charge in [-0.05, 0) is 6.92 Å². The Bertz CT molecular complexity index is 154. The lowest BCUT2D eigenvalue weighted by atomic mass is 10.1. The van der Waals surface area contributed by atoms with Crippen molar-refractivity contribution in [1.29, 1.82) is 0 Å². The van der Waals surface area contributed by atoms with Crippen LogP contribution in [0.1, 0.15) is 6.92 Å². The molecule has 0 aromatic heterocycles. The second kappa shape index (κ2) is 4.10. The summed E-state index contributed by atoms with van der Waals surface area (Å²) in [5, 5.41) is 8.64. The van der Waals surface area contributed by atoms with Gasteiger partial charge in [0.1, 0.15) is 6.61 Å². The predicted octanol–water partition coefficient (Wildman–Crippen LogP) is -0.575. The summed E-state index contributed by atoms with van der Waals surface area (Å²) >= 11 is 0. The van der Waals surface area contributed by atoms with Crippen LogP contribution in [-0.2, 0) is 9.53 Å². The van der Waals surface area contributed by atoms with Crippen LogP contribution in [-0.4, -0.2) is 29.8 Å². The summed E-state index contributed by atoms with van der Waals surface area (Å²) in [6, 6.07) is 0. The maximum absolute atomic E-state index is 10.5. The maximum Gasteiger partial charge on any atom is 0.330 e. The van der Waals surface area contributed by atoms with Crippen LogP contribution in [0.3, 0.4) is 0 Å². The Morgan fingerprint density at radius 2 is 2.45 bits per heavy atom. The first kappa shape index (κ1) is 10.1. The molecule has 4 heteroatoms. The Hall–Kier alpha value is -0.870. The molecule has 0 aromatic carbocycles. The summed E-state index contributed by atoms with van der Waals surface area (Å²) in [6.07, 6.45) is 1.05. The fourth-order valence-corrected chi connectivity index (χ4v) is 0.341.